The topological polar surface area (TPSA) is 81.8 Å². The van der Waals surface area contributed by atoms with Crippen LogP contribution in [0.3, 0.4) is 0 Å². The molecular weight excluding hydrogens is 300 g/mol. The first-order valence-electron chi connectivity index (χ1n) is 7.28. The molecule has 1 amide bonds. The van der Waals surface area contributed by atoms with Gasteiger partial charge in [-0.2, -0.15) is 0 Å². The number of hydrogen-bond donors (Lipinski definition) is 1. The molecule has 2 aromatic heterocycles. The predicted octanol–water partition coefficient (Wildman–Crippen LogP) is 2.35. The monoisotopic (exact) mass is 314 g/mol. The highest BCUT2D eigenvalue weighted by Crippen LogP contribution is 2.14. The van der Waals surface area contributed by atoms with E-state index in [0.717, 1.165) is 22.3 Å². The fourth-order valence-electron chi connectivity index (χ4n) is 2.13. The molecule has 0 unspecified atom stereocenters. The summed E-state index contributed by atoms with van der Waals surface area (Å²) in [5, 5.41) is 0. The van der Waals surface area contributed by atoms with E-state index in [0.29, 0.717) is 11.4 Å². The number of nitrogens with zero attached hydrogens (tertiary/aromatic N) is 3. The summed E-state index contributed by atoms with van der Waals surface area (Å²) in [5.41, 5.74) is 9.02. The van der Waals surface area contributed by atoms with Crippen LogP contribution in [0.5, 0.6) is 0 Å². The molecule has 0 aliphatic rings. The van der Waals surface area contributed by atoms with E-state index in [2.05, 4.69) is 26.8 Å². The van der Waals surface area contributed by atoms with Crippen LogP contribution in [0.2, 0.25) is 0 Å². The Morgan fingerprint density at radius 2 is 1.88 bits per heavy atom. The normalized spacial score (nSPS) is 9.88. The van der Waals surface area contributed by atoms with E-state index < -0.39 is 5.91 Å². The number of aryl methyl sites for hydroxylation is 1. The number of benzene rings is 1. The van der Waals surface area contributed by atoms with Crippen molar-refractivity contribution in [3.05, 3.63) is 77.4 Å². The Kier molecular flexibility index (Phi) is 4.30. The lowest BCUT2D eigenvalue weighted by molar-refractivity contribution is 0.100. The molecule has 3 aromatic rings. The minimum Gasteiger partial charge on any atom is -0.366 e. The molecule has 3 rings (SSSR count). The van der Waals surface area contributed by atoms with E-state index in [1.54, 1.807) is 43.0 Å². The first kappa shape index (κ1) is 15.4. The fourth-order valence-corrected chi connectivity index (χ4v) is 2.13. The molecule has 0 atom stereocenters. The summed E-state index contributed by atoms with van der Waals surface area (Å²) < 4.78 is 0. The third-order valence-electron chi connectivity index (χ3n) is 3.43. The number of pyridine rings is 1. The second-order valence-electron chi connectivity index (χ2n) is 5.18. The maximum Gasteiger partial charge on any atom is 0.248 e. The Labute approximate surface area is 139 Å². The molecule has 0 aliphatic carbocycles. The molecule has 0 radical (unpaired) electrons. The van der Waals surface area contributed by atoms with Crippen LogP contribution < -0.4 is 5.73 Å². The average molecular weight is 314 g/mol. The van der Waals surface area contributed by atoms with Crippen LogP contribution in [0.1, 0.15) is 27.0 Å². The van der Waals surface area contributed by atoms with Crippen molar-refractivity contribution in [2.75, 3.05) is 0 Å². The van der Waals surface area contributed by atoms with Crippen LogP contribution >= 0.6 is 0 Å². The lowest BCUT2D eigenvalue weighted by Crippen LogP contribution is -2.11. The molecule has 1 aromatic carbocycles. The quantitative estimate of drug-likeness (QED) is 0.736. The van der Waals surface area contributed by atoms with E-state index in [1.165, 1.54) is 0 Å². The molecule has 0 bridgehead atoms. The van der Waals surface area contributed by atoms with E-state index in [-0.39, 0.29) is 0 Å². The van der Waals surface area contributed by atoms with Crippen molar-refractivity contribution in [1.29, 1.82) is 0 Å². The Morgan fingerprint density at radius 3 is 2.62 bits per heavy atom. The Hall–Kier alpha value is -3.52. The summed E-state index contributed by atoms with van der Waals surface area (Å²) in [4.78, 5) is 23.9. The third kappa shape index (κ3) is 3.45. The molecule has 116 valence electrons. The zero-order chi connectivity index (χ0) is 16.9. The minimum absolute atomic E-state index is 0.439. The zero-order valence-corrected chi connectivity index (χ0v) is 13.0. The van der Waals surface area contributed by atoms with Crippen molar-refractivity contribution < 1.29 is 4.79 Å². The number of hydrogen-bond acceptors (Lipinski definition) is 4. The number of aromatic nitrogens is 3. The van der Waals surface area contributed by atoms with Gasteiger partial charge >= 0.3 is 0 Å². The van der Waals surface area contributed by atoms with Crippen LogP contribution in [0.25, 0.3) is 11.4 Å². The van der Waals surface area contributed by atoms with E-state index in [4.69, 9.17) is 5.73 Å². The Bertz CT molecular complexity index is 956. The first-order chi connectivity index (χ1) is 11.6. The zero-order valence-electron chi connectivity index (χ0n) is 13.0. The highest BCUT2D eigenvalue weighted by Gasteiger charge is 2.03. The number of rotatable bonds is 2. The molecule has 2 heterocycles. The lowest BCUT2D eigenvalue weighted by atomic mass is 10.0. The van der Waals surface area contributed by atoms with Gasteiger partial charge in [-0.15, -0.1) is 0 Å². The fraction of sp³-hybridized carbons (Fsp3) is 0.0526. The molecule has 0 saturated carbocycles. The Morgan fingerprint density at radius 1 is 1.08 bits per heavy atom. The Balaban J connectivity index is 1.95. The van der Waals surface area contributed by atoms with Crippen LogP contribution in [0, 0.1) is 18.8 Å². The van der Waals surface area contributed by atoms with Crippen molar-refractivity contribution >= 4 is 5.91 Å². The van der Waals surface area contributed by atoms with Gasteiger partial charge in [0.25, 0.3) is 0 Å². The number of carbonyl (C=O) groups is 1. The summed E-state index contributed by atoms with van der Waals surface area (Å²) >= 11 is 0. The molecule has 0 saturated heterocycles. The van der Waals surface area contributed by atoms with Gasteiger partial charge in [-0.1, -0.05) is 17.9 Å². The second kappa shape index (κ2) is 6.71. The average Bonchev–Trinajstić information content (AvgIpc) is 2.62. The van der Waals surface area contributed by atoms with Gasteiger partial charge in [0.1, 0.15) is 0 Å². The van der Waals surface area contributed by atoms with Gasteiger partial charge in [-0.25, -0.2) is 9.97 Å². The van der Waals surface area contributed by atoms with Gasteiger partial charge < -0.3 is 5.73 Å². The van der Waals surface area contributed by atoms with E-state index >= 15 is 0 Å². The highest BCUT2D eigenvalue weighted by atomic mass is 16.1. The van der Waals surface area contributed by atoms with Crippen LogP contribution in [-0.4, -0.2) is 20.9 Å². The first-order valence-corrected chi connectivity index (χ1v) is 7.28. The summed E-state index contributed by atoms with van der Waals surface area (Å²) in [6.45, 7) is 1.93. The van der Waals surface area contributed by atoms with E-state index in [9.17, 15) is 4.79 Å². The summed E-state index contributed by atoms with van der Waals surface area (Å²) in [7, 11) is 0. The maximum atomic E-state index is 11.3. The smallest absolute Gasteiger partial charge is 0.248 e. The van der Waals surface area contributed by atoms with Crippen molar-refractivity contribution in [3.63, 3.8) is 0 Å². The van der Waals surface area contributed by atoms with Crippen molar-refractivity contribution in [2.24, 2.45) is 5.73 Å². The molecule has 2 N–H and O–H groups in total. The number of nitrogens with two attached hydrogens (primary N) is 1. The van der Waals surface area contributed by atoms with Crippen LogP contribution in [0.15, 0.2) is 55.1 Å². The van der Waals surface area contributed by atoms with Crippen LogP contribution in [0.4, 0.5) is 0 Å². The molecule has 5 nitrogen and oxygen atoms in total. The second-order valence-corrected chi connectivity index (χ2v) is 5.18. The largest absolute Gasteiger partial charge is 0.366 e. The van der Waals surface area contributed by atoms with Gasteiger partial charge in [0.15, 0.2) is 5.82 Å². The van der Waals surface area contributed by atoms with Gasteiger partial charge in [0.2, 0.25) is 5.91 Å². The standard InChI is InChI=1S/C19H14N4O/c1-13-3-5-16(18(20)24)10-15(13)6-4-14-9-17(12-21-11-14)19-22-7-2-8-23-19/h2-3,5,7-12H,1H3,(H2,20,24). The number of carbonyl (C=O) groups excluding carboxylic acids is 1. The predicted molar refractivity (Wildman–Crippen MR) is 90.9 cm³/mol. The third-order valence-corrected chi connectivity index (χ3v) is 3.43. The SMILES string of the molecule is Cc1ccc(C(N)=O)cc1C#Cc1cncc(-c2ncccn2)c1. The minimum atomic E-state index is -0.469. The summed E-state index contributed by atoms with van der Waals surface area (Å²) in [6, 6.07) is 8.86. The molecular formula is C19H14N4O. The maximum absolute atomic E-state index is 11.3. The molecule has 0 aliphatic heterocycles. The van der Waals surface area contributed by atoms with Gasteiger partial charge in [-0.05, 0) is 36.8 Å². The molecule has 24 heavy (non-hydrogen) atoms. The summed E-state index contributed by atoms with van der Waals surface area (Å²) in [5.74, 6) is 6.25. The summed E-state index contributed by atoms with van der Waals surface area (Å²) in [6.07, 6.45) is 6.73. The van der Waals surface area contributed by atoms with Gasteiger partial charge in [-0.3, -0.25) is 9.78 Å². The van der Waals surface area contributed by atoms with Gasteiger partial charge in [0.05, 0.1) is 0 Å². The highest BCUT2D eigenvalue weighted by molar-refractivity contribution is 5.93. The van der Waals surface area contributed by atoms with E-state index in [1.807, 2.05) is 19.1 Å². The lowest BCUT2D eigenvalue weighted by Gasteiger charge is -2.01. The van der Waals surface area contributed by atoms with Crippen molar-refractivity contribution in [2.45, 2.75) is 6.92 Å². The van der Waals surface area contributed by atoms with Crippen molar-refractivity contribution in [3.8, 4) is 23.2 Å². The van der Waals surface area contributed by atoms with Gasteiger partial charge in [0, 0.05) is 47.0 Å². The van der Waals surface area contributed by atoms with Crippen molar-refractivity contribution in [1.82, 2.24) is 15.0 Å². The van der Waals surface area contributed by atoms with Crippen LogP contribution in [-0.2, 0) is 0 Å². The molecule has 5 heteroatoms. The number of amides is 1. The number of primary amides is 1. The molecule has 0 spiro atoms. The molecule has 0 fully saturated rings.